The minimum Gasteiger partial charge on any atom is -0.477 e. The first kappa shape index (κ1) is 58.2. The third-order valence-corrected chi connectivity index (χ3v) is 19.0. The van der Waals surface area contributed by atoms with E-state index in [2.05, 4.69) is 53.4 Å². The Bertz CT molecular complexity index is 2890. The zero-order valence-electron chi connectivity index (χ0n) is 45.6. The Hall–Kier alpha value is -5.52. The van der Waals surface area contributed by atoms with Crippen LogP contribution in [0.1, 0.15) is 174 Å². The third kappa shape index (κ3) is 15.4. The number of anilines is 2. The molecule has 0 aromatic carbocycles. The maximum Gasteiger partial charge on any atom is 0.348 e. The molecule has 4 fully saturated rings. The summed E-state index contributed by atoms with van der Waals surface area (Å²) in [6, 6.07) is 12.5. The highest BCUT2D eigenvalue weighted by Gasteiger charge is 2.40. The van der Waals surface area contributed by atoms with E-state index in [1.165, 1.54) is 11.3 Å². The molecule has 0 spiro atoms. The Kier molecular flexibility index (Phi) is 19.4. The van der Waals surface area contributed by atoms with E-state index in [-0.39, 0.29) is 62.4 Å². The molecule has 5 heterocycles. The van der Waals surface area contributed by atoms with Gasteiger partial charge in [-0.1, -0.05) is 43.6 Å². The second-order valence-electron chi connectivity index (χ2n) is 23.3. The van der Waals surface area contributed by atoms with Crippen molar-refractivity contribution in [2.75, 3.05) is 22.9 Å². The number of aromatic carboxylic acids is 2. The highest BCUT2D eigenvalue weighted by atomic mass is 32.2. The Labute approximate surface area is 459 Å². The number of nitrogens with zero attached hydrogens (tertiary/aromatic N) is 5. The minimum atomic E-state index is -2.70. The minimum absolute atomic E-state index is 0.00130. The fourth-order valence-corrected chi connectivity index (χ4v) is 13.8. The van der Waals surface area contributed by atoms with Crippen molar-refractivity contribution in [2.45, 2.75) is 168 Å². The van der Waals surface area contributed by atoms with Gasteiger partial charge in [-0.05, 0) is 179 Å². The fourth-order valence-electron chi connectivity index (χ4n) is 10.5. The number of carboxylic acids is 2. The summed E-state index contributed by atoms with van der Waals surface area (Å²) in [5.41, 5.74) is 0.516. The summed E-state index contributed by atoms with van der Waals surface area (Å²) in [6.45, 7) is 17.5. The molecule has 4 aromatic heterocycles. The summed E-state index contributed by atoms with van der Waals surface area (Å²) < 4.78 is 21.6. The van der Waals surface area contributed by atoms with Crippen molar-refractivity contribution in [3.63, 3.8) is 0 Å². The molecular weight excluding hydrogens is 1010 g/mol. The van der Waals surface area contributed by atoms with Crippen molar-refractivity contribution in [2.24, 2.45) is 34.5 Å². The van der Waals surface area contributed by atoms with E-state index >= 15 is 0 Å². The van der Waals surface area contributed by atoms with Gasteiger partial charge in [0, 0.05) is 72.5 Å². The molecule has 4 aliphatic rings. The number of hydrogen-bond donors (Lipinski definition) is 2. The maximum absolute atomic E-state index is 14.1. The Morgan fingerprint density at radius 2 is 1.14 bits per heavy atom. The van der Waals surface area contributed by atoms with Crippen LogP contribution in [0, 0.1) is 58.2 Å². The predicted molar refractivity (Wildman–Crippen MR) is 306 cm³/mol. The topological polar surface area (TPSA) is 171 Å². The number of piperidine rings is 1. The van der Waals surface area contributed by atoms with E-state index in [1.54, 1.807) is 41.7 Å². The van der Waals surface area contributed by atoms with Crippen LogP contribution < -0.4 is 14.5 Å². The van der Waals surface area contributed by atoms with Crippen molar-refractivity contribution >= 4 is 73.4 Å². The Morgan fingerprint density at radius 1 is 0.671 bits per heavy atom. The number of rotatable bonds is 12. The first-order valence-corrected chi connectivity index (χ1v) is 30.4. The van der Waals surface area contributed by atoms with E-state index in [1.807, 2.05) is 75.0 Å². The summed E-state index contributed by atoms with van der Waals surface area (Å²) >= 11 is 2.29. The molecule has 1 unspecified atom stereocenters. The fraction of sp³-hybridized carbons (Fsp3) is 0.550. The predicted octanol–water partition coefficient (Wildman–Crippen LogP) is 12.3. The van der Waals surface area contributed by atoms with Crippen molar-refractivity contribution in [3.05, 3.63) is 80.6 Å². The van der Waals surface area contributed by atoms with Gasteiger partial charge in [0.2, 0.25) is 17.7 Å². The highest BCUT2D eigenvalue weighted by molar-refractivity contribution is 7.98. The molecular formula is C60H77N5O8S3. The van der Waals surface area contributed by atoms with Crippen LogP contribution >= 0.6 is 22.7 Å². The maximum atomic E-state index is 14.1. The number of carbonyl (C=O) groups excluding carboxylic acids is 2. The number of thiophene rings is 2. The second kappa shape index (κ2) is 25.3. The van der Waals surface area contributed by atoms with Gasteiger partial charge in [-0.3, -0.25) is 14.6 Å². The van der Waals surface area contributed by atoms with Crippen LogP contribution in [0.2, 0.25) is 0 Å². The van der Waals surface area contributed by atoms with E-state index in [9.17, 15) is 33.6 Å². The largest absolute Gasteiger partial charge is 0.477 e. The van der Waals surface area contributed by atoms with Crippen molar-refractivity contribution in [1.29, 1.82) is 0 Å². The molecule has 0 bridgehead atoms. The highest BCUT2D eigenvalue weighted by Crippen LogP contribution is 2.41. The van der Waals surface area contributed by atoms with Crippen LogP contribution in [0.15, 0.2) is 66.0 Å². The SMILES string of the molecule is C=S(=O)(c1cccnc1)N1CCC(N(C(=O)C2CCC(C)CC2)c2cc(C#CC(C)(C)C)sc2C(=O)O)CC1.CC1CCC(C(=O)N(c2cc(C#CC(C)(C)C)sc2C(=O)O)C2CCC(Oc3ccccn3)CC2)CC1. The summed E-state index contributed by atoms with van der Waals surface area (Å²) in [5.74, 6) is 16.4. The molecule has 1 saturated heterocycles. The van der Waals surface area contributed by atoms with Crippen LogP contribution in [0.3, 0.4) is 0 Å². The lowest BCUT2D eigenvalue weighted by molar-refractivity contribution is -0.125. The zero-order valence-corrected chi connectivity index (χ0v) is 48.1. The van der Waals surface area contributed by atoms with Gasteiger partial charge in [0.15, 0.2) is 0 Å². The first-order valence-electron chi connectivity index (χ1n) is 27.0. The number of pyridine rings is 2. The number of amides is 2. The number of carbonyl (C=O) groups is 4. The number of carboxylic acid groups (broad SMARTS) is 2. The van der Waals surface area contributed by atoms with Gasteiger partial charge < -0.3 is 24.7 Å². The average molecular weight is 1090 g/mol. The van der Waals surface area contributed by atoms with Crippen molar-refractivity contribution < 1.29 is 38.3 Å². The lowest BCUT2D eigenvalue weighted by Crippen LogP contribution is -2.51. The molecule has 16 heteroatoms. The van der Waals surface area contributed by atoms with Crippen LogP contribution in [0.4, 0.5) is 11.4 Å². The molecule has 8 rings (SSSR count). The van der Waals surface area contributed by atoms with E-state index < -0.39 is 21.6 Å². The third-order valence-electron chi connectivity index (χ3n) is 14.8. The van der Waals surface area contributed by atoms with Crippen LogP contribution in [0.5, 0.6) is 5.88 Å². The van der Waals surface area contributed by atoms with Crippen molar-refractivity contribution in [3.8, 4) is 29.6 Å². The van der Waals surface area contributed by atoms with Crippen LogP contribution in [-0.4, -0.2) is 89.6 Å². The molecule has 13 nitrogen and oxygen atoms in total. The smallest absolute Gasteiger partial charge is 0.348 e. The summed E-state index contributed by atoms with van der Waals surface area (Å²) in [7, 11) is -2.70. The van der Waals surface area contributed by atoms with Gasteiger partial charge in [0.1, 0.15) is 15.9 Å². The average Bonchev–Trinajstić information content (AvgIpc) is 4.02. The first-order chi connectivity index (χ1) is 36.0. The standard InChI is InChI=1S/C30H39N3O4S2.C30H38N2O4S/c1-21-8-10-22(11-9-21)28(34)33(26-19-24(12-15-30(2,3)4)38-27(26)29(35)36)23-13-17-32(18-14-23)39(5,37)25-7-6-16-31-20-25;1-20-8-10-21(11-9-20)28(33)32(22-12-14-23(15-13-22)36-26-7-5-6-18-31-26)25-19-24(16-17-30(2,3)4)37-27(25)29(34)35/h6-7,16,19-23H,5,8-11,13-14,17-18H2,1-4H3,(H,35,36);5-7,18-23H,8-15H2,1-4H3,(H,34,35). The van der Waals surface area contributed by atoms with E-state index in [0.717, 1.165) is 88.4 Å². The molecule has 408 valence electrons. The quantitative estimate of drug-likeness (QED) is 0.103. The molecule has 2 N–H and O–H groups in total. The second-order valence-corrected chi connectivity index (χ2v) is 27.7. The monoisotopic (exact) mass is 1090 g/mol. The van der Waals surface area contributed by atoms with Gasteiger partial charge >= 0.3 is 11.9 Å². The molecule has 3 aliphatic carbocycles. The lowest BCUT2D eigenvalue weighted by Gasteiger charge is -2.41. The van der Waals surface area contributed by atoms with Crippen LogP contribution in [0.25, 0.3) is 0 Å². The van der Waals surface area contributed by atoms with Crippen molar-refractivity contribution in [1.82, 2.24) is 14.3 Å². The molecule has 1 atom stereocenters. The van der Waals surface area contributed by atoms with Gasteiger partial charge in [-0.25, -0.2) is 23.1 Å². The molecule has 2 amide bonds. The summed E-state index contributed by atoms with van der Waals surface area (Å²) in [6.07, 6.45) is 16.6. The molecule has 4 aromatic rings. The normalized spacial score (nSPS) is 23.2. The van der Waals surface area contributed by atoms with Gasteiger partial charge in [-0.15, -0.1) is 22.7 Å². The molecule has 76 heavy (non-hydrogen) atoms. The summed E-state index contributed by atoms with van der Waals surface area (Å²) in [4.78, 5) is 67.1. The lowest BCUT2D eigenvalue weighted by atomic mass is 9.81. The number of aromatic nitrogens is 2. The molecule has 1 aliphatic heterocycles. The Morgan fingerprint density at radius 3 is 1.55 bits per heavy atom. The Balaban J connectivity index is 0.000000221. The number of hydrogen-bond acceptors (Lipinski definition) is 10. The number of ether oxygens (including phenoxy) is 1. The van der Waals surface area contributed by atoms with E-state index in [4.69, 9.17) is 4.74 Å². The van der Waals surface area contributed by atoms with E-state index in [0.29, 0.717) is 69.7 Å². The van der Waals surface area contributed by atoms with Gasteiger partial charge in [0.25, 0.3) is 0 Å². The molecule has 3 saturated carbocycles. The zero-order chi connectivity index (χ0) is 55.0. The molecule has 0 radical (unpaired) electrons. The van der Waals surface area contributed by atoms with Crippen LogP contribution in [-0.2, 0) is 19.3 Å². The van der Waals surface area contributed by atoms with Gasteiger partial charge in [0.05, 0.1) is 35.7 Å². The summed E-state index contributed by atoms with van der Waals surface area (Å²) in [5, 5.41) is 20.2. The van der Waals surface area contributed by atoms with Gasteiger partial charge in [-0.2, -0.15) is 0 Å².